The molecular formula is C6H9N5O2. The third kappa shape index (κ3) is 1.81. The Morgan fingerprint density at radius 1 is 1.69 bits per heavy atom. The van der Waals surface area contributed by atoms with E-state index in [9.17, 15) is 4.79 Å². The molecule has 13 heavy (non-hydrogen) atoms. The molecule has 1 saturated heterocycles. The largest absolute Gasteiger partial charge is 0.379 e. The Morgan fingerprint density at radius 3 is 3.23 bits per heavy atom. The minimum atomic E-state index is -0.316. The number of hydrogen-bond acceptors (Lipinski definition) is 5. The van der Waals surface area contributed by atoms with Crippen molar-refractivity contribution in [2.45, 2.75) is 12.5 Å². The van der Waals surface area contributed by atoms with Crippen LogP contribution in [0.4, 0.5) is 0 Å². The molecule has 2 N–H and O–H groups in total. The number of tetrazole rings is 1. The van der Waals surface area contributed by atoms with Gasteiger partial charge in [0.05, 0.1) is 12.6 Å². The highest BCUT2D eigenvalue weighted by molar-refractivity contribution is 5.90. The van der Waals surface area contributed by atoms with Crippen LogP contribution in [-0.4, -0.2) is 45.8 Å². The van der Waals surface area contributed by atoms with Crippen LogP contribution in [0.2, 0.25) is 0 Å². The maximum absolute atomic E-state index is 11.3. The van der Waals surface area contributed by atoms with E-state index < -0.39 is 0 Å². The van der Waals surface area contributed by atoms with Gasteiger partial charge in [-0.25, -0.2) is 0 Å². The van der Waals surface area contributed by atoms with Crippen LogP contribution in [0, 0.1) is 0 Å². The average molecular weight is 183 g/mol. The van der Waals surface area contributed by atoms with Crippen molar-refractivity contribution in [1.29, 1.82) is 0 Å². The summed E-state index contributed by atoms with van der Waals surface area (Å²) in [6.45, 7) is 1.25. The molecule has 70 valence electrons. The quantitative estimate of drug-likeness (QED) is 0.595. The molecule has 2 rings (SSSR count). The molecule has 1 aromatic heterocycles. The lowest BCUT2D eigenvalue weighted by molar-refractivity contribution is 0.0919. The highest BCUT2D eigenvalue weighted by Crippen LogP contribution is 2.03. The molecule has 0 saturated carbocycles. The molecule has 1 aliphatic heterocycles. The minimum Gasteiger partial charge on any atom is -0.379 e. The average Bonchev–Trinajstić information content (AvgIpc) is 2.74. The first-order valence-electron chi connectivity index (χ1n) is 3.98. The van der Waals surface area contributed by atoms with E-state index in [1.807, 2.05) is 0 Å². The SMILES string of the molecule is O=C(NC1CCOC1)c1nn[nH]n1. The van der Waals surface area contributed by atoms with Crippen LogP contribution in [0.5, 0.6) is 0 Å². The highest BCUT2D eigenvalue weighted by Gasteiger charge is 2.20. The number of nitrogens with zero attached hydrogens (tertiary/aromatic N) is 3. The Hall–Kier alpha value is -1.50. The van der Waals surface area contributed by atoms with E-state index >= 15 is 0 Å². The summed E-state index contributed by atoms with van der Waals surface area (Å²) in [5.41, 5.74) is 0. The summed E-state index contributed by atoms with van der Waals surface area (Å²) in [6, 6.07) is 0.0750. The van der Waals surface area contributed by atoms with Crippen LogP contribution >= 0.6 is 0 Å². The molecule has 0 aliphatic carbocycles. The fraction of sp³-hybridized carbons (Fsp3) is 0.667. The van der Waals surface area contributed by atoms with Crippen molar-refractivity contribution >= 4 is 5.91 Å². The Morgan fingerprint density at radius 2 is 2.62 bits per heavy atom. The number of nitrogens with one attached hydrogen (secondary N) is 2. The summed E-state index contributed by atoms with van der Waals surface area (Å²) >= 11 is 0. The summed E-state index contributed by atoms with van der Waals surface area (Å²) in [5.74, 6) is -0.254. The number of carbonyl (C=O) groups is 1. The van der Waals surface area contributed by atoms with Crippen LogP contribution in [0.25, 0.3) is 0 Å². The van der Waals surface area contributed by atoms with Gasteiger partial charge in [-0.3, -0.25) is 4.79 Å². The number of hydrogen-bond donors (Lipinski definition) is 2. The van der Waals surface area contributed by atoms with Crippen molar-refractivity contribution in [3.63, 3.8) is 0 Å². The summed E-state index contributed by atoms with van der Waals surface area (Å²) in [5, 5.41) is 15.4. The van der Waals surface area contributed by atoms with Gasteiger partial charge in [0.1, 0.15) is 0 Å². The second-order valence-corrected chi connectivity index (χ2v) is 2.77. The van der Waals surface area contributed by atoms with Crippen molar-refractivity contribution in [3.05, 3.63) is 5.82 Å². The van der Waals surface area contributed by atoms with Gasteiger partial charge in [0.25, 0.3) is 11.7 Å². The van der Waals surface area contributed by atoms with Gasteiger partial charge in [-0.05, 0) is 11.6 Å². The van der Waals surface area contributed by atoms with Crippen molar-refractivity contribution in [1.82, 2.24) is 25.9 Å². The maximum Gasteiger partial charge on any atom is 0.293 e. The van der Waals surface area contributed by atoms with E-state index in [1.165, 1.54) is 0 Å². The zero-order chi connectivity index (χ0) is 9.10. The van der Waals surface area contributed by atoms with Crippen LogP contribution in [0.15, 0.2) is 0 Å². The molecule has 7 nitrogen and oxygen atoms in total. The second kappa shape index (κ2) is 3.48. The van der Waals surface area contributed by atoms with Crippen LogP contribution in [-0.2, 0) is 4.74 Å². The first kappa shape index (κ1) is 8.11. The summed E-state index contributed by atoms with van der Waals surface area (Å²) in [7, 11) is 0. The van der Waals surface area contributed by atoms with Gasteiger partial charge in [-0.15, -0.1) is 10.2 Å². The summed E-state index contributed by atoms with van der Waals surface area (Å²) in [4.78, 5) is 11.3. The minimum absolute atomic E-state index is 0.0619. The third-order valence-corrected chi connectivity index (χ3v) is 1.81. The van der Waals surface area contributed by atoms with Crippen LogP contribution in [0.1, 0.15) is 17.0 Å². The van der Waals surface area contributed by atoms with Gasteiger partial charge in [0.15, 0.2) is 0 Å². The van der Waals surface area contributed by atoms with E-state index in [0.29, 0.717) is 13.2 Å². The lowest BCUT2D eigenvalue weighted by Gasteiger charge is -2.07. The zero-order valence-electron chi connectivity index (χ0n) is 6.86. The van der Waals surface area contributed by atoms with E-state index in [1.54, 1.807) is 0 Å². The molecular weight excluding hydrogens is 174 g/mol. The predicted octanol–water partition coefficient (Wildman–Crippen LogP) is -1.28. The second-order valence-electron chi connectivity index (χ2n) is 2.77. The predicted molar refractivity (Wildman–Crippen MR) is 40.9 cm³/mol. The first-order chi connectivity index (χ1) is 6.36. The normalized spacial score (nSPS) is 21.7. The van der Waals surface area contributed by atoms with E-state index in [2.05, 4.69) is 25.9 Å². The molecule has 1 unspecified atom stereocenters. The molecule has 1 aromatic rings. The molecule has 0 aromatic carbocycles. The number of aromatic nitrogens is 4. The standard InChI is InChI=1S/C6H9N5O2/c12-6(5-8-10-11-9-5)7-4-1-2-13-3-4/h4H,1-3H2,(H,7,12)(H,8,9,10,11). The van der Waals surface area contributed by atoms with Gasteiger partial charge in [0, 0.05) is 6.61 Å². The molecule has 0 bridgehead atoms. The highest BCUT2D eigenvalue weighted by atomic mass is 16.5. The molecule has 2 heterocycles. The monoisotopic (exact) mass is 183 g/mol. The summed E-state index contributed by atoms with van der Waals surface area (Å²) in [6.07, 6.45) is 0.837. The van der Waals surface area contributed by atoms with Gasteiger partial charge in [-0.2, -0.15) is 5.21 Å². The Bertz CT molecular complexity index is 279. The van der Waals surface area contributed by atoms with Crippen molar-refractivity contribution < 1.29 is 9.53 Å². The van der Waals surface area contributed by atoms with Gasteiger partial charge < -0.3 is 10.1 Å². The Labute approximate surface area is 73.8 Å². The maximum atomic E-state index is 11.3. The van der Waals surface area contributed by atoms with Gasteiger partial charge in [-0.1, -0.05) is 0 Å². The molecule has 1 amide bonds. The van der Waals surface area contributed by atoms with Crippen molar-refractivity contribution in [2.75, 3.05) is 13.2 Å². The van der Waals surface area contributed by atoms with Crippen molar-refractivity contribution in [3.8, 4) is 0 Å². The number of rotatable bonds is 2. The van der Waals surface area contributed by atoms with E-state index in [4.69, 9.17) is 4.74 Å². The third-order valence-electron chi connectivity index (χ3n) is 1.81. The number of ether oxygens (including phenoxy) is 1. The molecule has 1 atom stereocenters. The number of H-pyrrole nitrogens is 1. The Balaban J connectivity index is 1.91. The summed E-state index contributed by atoms with van der Waals surface area (Å²) < 4.78 is 5.10. The zero-order valence-corrected chi connectivity index (χ0v) is 6.86. The molecule has 0 radical (unpaired) electrons. The van der Waals surface area contributed by atoms with Crippen molar-refractivity contribution in [2.24, 2.45) is 0 Å². The number of aromatic amines is 1. The smallest absolute Gasteiger partial charge is 0.293 e. The number of amides is 1. The number of carbonyl (C=O) groups excluding carboxylic acids is 1. The molecule has 0 spiro atoms. The fourth-order valence-corrected chi connectivity index (χ4v) is 1.16. The lowest BCUT2D eigenvalue weighted by Crippen LogP contribution is -2.35. The molecule has 7 heteroatoms. The fourth-order valence-electron chi connectivity index (χ4n) is 1.16. The van der Waals surface area contributed by atoms with Crippen LogP contribution < -0.4 is 5.32 Å². The van der Waals surface area contributed by atoms with Gasteiger partial charge in [0.2, 0.25) is 0 Å². The van der Waals surface area contributed by atoms with E-state index in [0.717, 1.165) is 6.42 Å². The van der Waals surface area contributed by atoms with Crippen LogP contribution in [0.3, 0.4) is 0 Å². The lowest BCUT2D eigenvalue weighted by atomic mass is 10.2. The topological polar surface area (TPSA) is 92.8 Å². The molecule has 1 aliphatic rings. The van der Waals surface area contributed by atoms with Gasteiger partial charge >= 0.3 is 0 Å². The Kier molecular flexibility index (Phi) is 2.17. The van der Waals surface area contributed by atoms with E-state index in [-0.39, 0.29) is 17.8 Å². The molecule has 1 fully saturated rings. The first-order valence-corrected chi connectivity index (χ1v) is 3.98.